The Morgan fingerprint density at radius 3 is 2.53 bits per heavy atom. The molecule has 1 aromatic rings. The van der Waals surface area contributed by atoms with Crippen molar-refractivity contribution in [1.82, 2.24) is 5.32 Å². The van der Waals surface area contributed by atoms with Crippen LogP contribution in [0.1, 0.15) is 11.6 Å². The van der Waals surface area contributed by atoms with Crippen molar-refractivity contribution in [2.75, 3.05) is 26.9 Å². The van der Waals surface area contributed by atoms with Gasteiger partial charge in [0.15, 0.2) is 6.04 Å². The fraction of sp³-hybridized carbons (Fsp3) is 0.385. The number of carbonyl (C=O) groups is 2. The van der Waals surface area contributed by atoms with Gasteiger partial charge in [0.05, 0.1) is 13.2 Å². The number of ether oxygens (including phenoxy) is 2. The third-order valence-electron chi connectivity index (χ3n) is 2.35. The van der Waals surface area contributed by atoms with E-state index >= 15 is 0 Å². The maximum absolute atomic E-state index is 11.6. The van der Waals surface area contributed by atoms with Crippen molar-refractivity contribution in [2.45, 2.75) is 6.04 Å². The SMILES string of the molecule is COCCOCC(=O)N[C@H](C(=O)O)c1ccccc1. The summed E-state index contributed by atoms with van der Waals surface area (Å²) in [7, 11) is 1.53. The molecule has 0 aromatic heterocycles. The molecule has 1 rings (SSSR count). The van der Waals surface area contributed by atoms with Gasteiger partial charge in [0.2, 0.25) is 5.91 Å². The Kier molecular flexibility index (Phi) is 6.56. The lowest BCUT2D eigenvalue weighted by Crippen LogP contribution is -2.36. The van der Waals surface area contributed by atoms with Crippen molar-refractivity contribution in [3.05, 3.63) is 35.9 Å². The Bertz CT molecular complexity index is 407. The molecule has 0 radical (unpaired) electrons. The number of amides is 1. The summed E-state index contributed by atoms with van der Waals surface area (Å²) in [5, 5.41) is 11.5. The number of hydrogen-bond donors (Lipinski definition) is 2. The van der Waals surface area contributed by atoms with Gasteiger partial charge in [0, 0.05) is 7.11 Å². The average Bonchev–Trinajstić information content (AvgIpc) is 2.41. The first-order valence-electron chi connectivity index (χ1n) is 5.79. The highest BCUT2D eigenvalue weighted by molar-refractivity contribution is 5.85. The molecule has 6 nitrogen and oxygen atoms in total. The van der Waals surface area contributed by atoms with Gasteiger partial charge in [0.1, 0.15) is 6.61 Å². The quantitative estimate of drug-likeness (QED) is 0.673. The first-order chi connectivity index (χ1) is 9.15. The van der Waals surface area contributed by atoms with Crippen LogP contribution in [-0.4, -0.2) is 43.9 Å². The molecular weight excluding hydrogens is 250 g/mol. The van der Waals surface area contributed by atoms with Crippen LogP contribution in [0.25, 0.3) is 0 Å². The lowest BCUT2D eigenvalue weighted by molar-refractivity contribution is -0.142. The van der Waals surface area contributed by atoms with Crippen LogP contribution in [-0.2, 0) is 19.1 Å². The number of methoxy groups -OCH3 is 1. The average molecular weight is 267 g/mol. The molecule has 0 aliphatic carbocycles. The number of benzene rings is 1. The van der Waals surface area contributed by atoms with Gasteiger partial charge in [-0.15, -0.1) is 0 Å². The number of carbonyl (C=O) groups excluding carboxylic acids is 1. The Morgan fingerprint density at radius 2 is 1.95 bits per heavy atom. The van der Waals surface area contributed by atoms with Gasteiger partial charge in [-0.1, -0.05) is 30.3 Å². The molecule has 0 saturated heterocycles. The fourth-order valence-electron chi connectivity index (χ4n) is 1.44. The number of aliphatic carboxylic acids is 1. The standard InChI is InChI=1S/C13H17NO5/c1-18-7-8-19-9-11(15)14-12(13(16)17)10-5-3-2-4-6-10/h2-6,12H,7-9H2,1H3,(H,14,15)(H,16,17)/t12-/m0/s1. The predicted molar refractivity (Wildman–Crippen MR) is 67.7 cm³/mol. The summed E-state index contributed by atoms with van der Waals surface area (Å²) in [5.41, 5.74) is 0.514. The predicted octanol–water partition coefficient (Wildman–Crippen LogP) is 0.592. The summed E-state index contributed by atoms with van der Waals surface area (Å²) in [6.07, 6.45) is 0. The van der Waals surface area contributed by atoms with Gasteiger partial charge < -0.3 is 19.9 Å². The van der Waals surface area contributed by atoms with Crippen molar-refractivity contribution in [3.8, 4) is 0 Å². The minimum atomic E-state index is -1.11. The summed E-state index contributed by atoms with van der Waals surface area (Å²) in [6, 6.07) is 7.42. The molecule has 19 heavy (non-hydrogen) atoms. The molecule has 0 spiro atoms. The molecule has 6 heteroatoms. The molecule has 1 atom stereocenters. The van der Waals surface area contributed by atoms with Gasteiger partial charge in [-0.25, -0.2) is 4.79 Å². The Labute approximate surface area is 111 Å². The first kappa shape index (κ1) is 15.1. The van der Waals surface area contributed by atoms with Crippen LogP contribution in [0.4, 0.5) is 0 Å². The maximum Gasteiger partial charge on any atom is 0.330 e. The number of carboxylic acid groups (broad SMARTS) is 1. The molecular formula is C13H17NO5. The van der Waals surface area contributed by atoms with Crippen LogP contribution in [0.2, 0.25) is 0 Å². The number of rotatable bonds is 8. The molecule has 0 aliphatic heterocycles. The van der Waals surface area contributed by atoms with Crippen LogP contribution in [0.15, 0.2) is 30.3 Å². The van der Waals surface area contributed by atoms with Crippen LogP contribution < -0.4 is 5.32 Å². The highest BCUT2D eigenvalue weighted by Crippen LogP contribution is 2.12. The second kappa shape index (κ2) is 8.23. The zero-order valence-corrected chi connectivity index (χ0v) is 10.7. The first-order valence-corrected chi connectivity index (χ1v) is 5.79. The third-order valence-corrected chi connectivity index (χ3v) is 2.35. The molecule has 1 amide bonds. The summed E-state index contributed by atoms with van der Waals surface area (Å²) in [4.78, 5) is 22.7. The van der Waals surface area contributed by atoms with Crippen LogP contribution in [0.3, 0.4) is 0 Å². The molecule has 0 heterocycles. The number of hydrogen-bond acceptors (Lipinski definition) is 4. The normalized spacial score (nSPS) is 11.8. The molecule has 104 valence electrons. The van der Waals surface area contributed by atoms with Crippen molar-refractivity contribution >= 4 is 11.9 Å². The van der Waals surface area contributed by atoms with E-state index in [0.29, 0.717) is 12.2 Å². The highest BCUT2D eigenvalue weighted by atomic mass is 16.5. The minimum Gasteiger partial charge on any atom is -0.479 e. The van der Waals surface area contributed by atoms with Gasteiger partial charge in [0.25, 0.3) is 0 Å². The highest BCUT2D eigenvalue weighted by Gasteiger charge is 2.21. The van der Waals surface area contributed by atoms with Gasteiger partial charge in [-0.05, 0) is 5.56 Å². The lowest BCUT2D eigenvalue weighted by atomic mass is 10.1. The van der Waals surface area contributed by atoms with Crippen molar-refractivity contribution in [2.24, 2.45) is 0 Å². The van der Waals surface area contributed by atoms with E-state index in [0.717, 1.165) is 0 Å². The van der Waals surface area contributed by atoms with Crippen molar-refractivity contribution in [1.29, 1.82) is 0 Å². The van der Waals surface area contributed by atoms with Gasteiger partial charge >= 0.3 is 5.97 Å². The Hall–Kier alpha value is -1.92. The zero-order valence-electron chi connectivity index (χ0n) is 10.7. The van der Waals surface area contributed by atoms with Gasteiger partial charge in [-0.3, -0.25) is 4.79 Å². The minimum absolute atomic E-state index is 0.194. The monoisotopic (exact) mass is 267 g/mol. The van der Waals surface area contributed by atoms with E-state index in [4.69, 9.17) is 14.6 Å². The molecule has 2 N–H and O–H groups in total. The Balaban J connectivity index is 2.51. The molecule has 0 bridgehead atoms. The fourth-order valence-corrected chi connectivity index (χ4v) is 1.44. The summed E-state index contributed by atoms with van der Waals surface area (Å²) in [6.45, 7) is 0.474. The summed E-state index contributed by atoms with van der Waals surface area (Å²) in [5.74, 6) is -1.59. The van der Waals surface area contributed by atoms with E-state index in [1.807, 2.05) is 0 Å². The van der Waals surface area contributed by atoms with Crippen LogP contribution in [0, 0.1) is 0 Å². The molecule has 0 fully saturated rings. The number of nitrogens with one attached hydrogen (secondary N) is 1. The largest absolute Gasteiger partial charge is 0.479 e. The van der Waals surface area contributed by atoms with E-state index in [9.17, 15) is 9.59 Å². The third kappa shape index (κ3) is 5.50. The van der Waals surface area contributed by atoms with E-state index in [-0.39, 0.29) is 13.2 Å². The van der Waals surface area contributed by atoms with Crippen molar-refractivity contribution in [3.63, 3.8) is 0 Å². The summed E-state index contributed by atoms with van der Waals surface area (Å²) < 4.78 is 9.78. The zero-order chi connectivity index (χ0) is 14.1. The molecule has 0 unspecified atom stereocenters. The molecule has 1 aromatic carbocycles. The van der Waals surface area contributed by atoms with Crippen LogP contribution >= 0.6 is 0 Å². The molecule has 0 saturated carbocycles. The lowest BCUT2D eigenvalue weighted by Gasteiger charge is -2.14. The van der Waals surface area contributed by atoms with E-state index in [1.165, 1.54) is 7.11 Å². The Morgan fingerprint density at radius 1 is 1.26 bits per heavy atom. The smallest absolute Gasteiger partial charge is 0.330 e. The van der Waals surface area contributed by atoms with Crippen LogP contribution in [0.5, 0.6) is 0 Å². The van der Waals surface area contributed by atoms with Crippen molar-refractivity contribution < 1.29 is 24.2 Å². The van der Waals surface area contributed by atoms with Gasteiger partial charge in [-0.2, -0.15) is 0 Å². The van der Waals surface area contributed by atoms with E-state index < -0.39 is 17.9 Å². The topological polar surface area (TPSA) is 84.9 Å². The molecule has 0 aliphatic rings. The maximum atomic E-state index is 11.6. The second-order valence-electron chi connectivity index (χ2n) is 3.79. The second-order valence-corrected chi connectivity index (χ2v) is 3.79. The van der Waals surface area contributed by atoms with E-state index in [1.54, 1.807) is 30.3 Å². The van der Waals surface area contributed by atoms with E-state index in [2.05, 4.69) is 5.32 Å². The number of carboxylic acids is 1. The summed E-state index contributed by atoms with van der Waals surface area (Å²) >= 11 is 0.